The van der Waals surface area contributed by atoms with Gasteiger partial charge in [0.05, 0.1) is 18.9 Å². The van der Waals surface area contributed by atoms with Gasteiger partial charge in [-0.1, -0.05) is 26.8 Å². The third-order valence-electron chi connectivity index (χ3n) is 4.69. The first-order chi connectivity index (χ1) is 14.0. The highest BCUT2D eigenvalue weighted by Gasteiger charge is 2.17. The number of hydrogen-bond donors (Lipinski definition) is 3. The highest BCUT2D eigenvalue weighted by Crippen LogP contribution is 2.21. The lowest BCUT2D eigenvalue weighted by molar-refractivity contribution is 0.259. The number of hydrogen-bond acceptors (Lipinski definition) is 8. The van der Waals surface area contributed by atoms with Crippen LogP contribution in [0.1, 0.15) is 55.8 Å². The number of nitrogens with one attached hydrogen (secondary N) is 2. The number of aliphatic hydroxyl groups excluding tert-OH is 1. The Labute approximate surface area is 178 Å². The zero-order valence-electron chi connectivity index (χ0n) is 18.5. The van der Waals surface area contributed by atoms with Crippen LogP contribution < -0.4 is 10.0 Å². The van der Waals surface area contributed by atoms with E-state index in [1.54, 1.807) is 0 Å². The summed E-state index contributed by atoms with van der Waals surface area (Å²) in [4.78, 5) is 17.3. The number of aromatic nitrogens is 4. The van der Waals surface area contributed by atoms with Gasteiger partial charge in [0.1, 0.15) is 5.82 Å². The largest absolute Gasteiger partial charge is 0.394 e. The maximum atomic E-state index is 11.7. The van der Waals surface area contributed by atoms with Gasteiger partial charge in [-0.15, -0.1) is 0 Å². The fourth-order valence-electron chi connectivity index (χ4n) is 3.04. The van der Waals surface area contributed by atoms with Crippen LogP contribution in [0.4, 0.5) is 11.9 Å². The molecule has 0 aliphatic heterocycles. The minimum Gasteiger partial charge on any atom is -0.394 e. The fourth-order valence-corrected chi connectivity index (χ4v) is 3.47. The van der Waals surface area contributed by atoms with Crippen molar-refractivity contribution in [3.8, 4) is 0 Å². The molecule has 0 saturated heterocycles. The summed E-state index contributed by atoms with van der Waals surface area (Å²) in [5.41, 5.74) is 3.15. The van der Waals surface area contributed by atoms with Crippen molar-refractivity contribution < 1.29 is 13.5 Å². The van der Waals surface area contributed by atoms with E-state index in [0.717, 1.165) is 29.5 Å². The lowest BCUT2D eigenvalue weighted by atomic mass is 9.97. The molecule has 30 heavy (non-hydrogen) atoms. The van der Waals surface area contributed by atoms with Crippen LogP contribution in [-0.2, 0) is 16.4 Å². The molecule has 2 aromatic heterocycles. The Kier molecular flexibility index (Phi) is 8.08. The van der Waals surface area contributed by atoms with Crippen molar-refractivity contribution >= 4 is 21.9 Å². The van der Waals surface area contributed by atoms with Crippen LogP contribution in [-0.4, -0.2) is 52.4 Å². The molecule has 9 nitrogen and oxygen atoms in total. The van der Waals surface area contributed by atoms with Gasteiger partial charge < -0.3 is 10.4 Å². The number of aliphatic hydroxyl groups is 1. The molecule has 0 amide bonds. The molecular weight excluding hydrogens is 404 g/mol. The van der Waals surface area contributed by atoms with Crippen molar-refractivity contribution in [2.75, 3.05) is 22.9 Å². The molecule has 166 valence electrons. The van der Waals surface area contributed by atoms with Gasteiger partial charge in [-0.3, -0.25) is 9.71 Å². The molecular formula is C20H32N6O3S. The molecule has 3 N–H and O–H groups in total. The molecule has 0 unspecified atom stereocenters. The van der Waals surface area contributed by atoms with Crippen molar-refractivity contribution in [2.24, 2.45) is 5.92 Å². The average molecular weight is 437 g/mol. The van der Waals surface area contributed by atoms with Crippen molar-refractivity contribution in [3.63, 3.8) is 0 Å². The van der Waals surface area contributed by atoms with Gasteiger partial charge in [-0.2, -0.15) is 15.0 Å². The second kappa shape index (κ2) is 10.1. The van der Waals surface area contributed by atoms with Crippen LogP contribution in [0.25, 0.3) is 0 Å². The second-order valence-corrected chi connectivity index (χ2v) is 9.95. The predicted octanol–water partition coefficient (Wildman–Crippen LogP) is 2.42. The lowest BCUT2D eigenvalue weighted by Gasteiger charge is -2.19. The summed E-state index contributed by atoms with van der Waals surface area (Å²) in [5, 5.41) is 12.7. The van der Waals surface area contributed by atoms with Gasteiger partial charge >= 0.3 is 0 Å². The van der Waals surface area contributed by atoms with Crippen molar-refractivity contribution in [2.45, 2.75) is 59.4 Å². The molecule has 2 aromatic rings. The quantitative estimate of drug-likeness (QED) is 0.518. The van der Waals surface area contributed by atoms with Gasteiger partial charge in [0.2, 0.25) is 21.9 Å². The minimum absolute atomic E-state index is 0.0448. The maximum absolute atomic E-state index is 11.7. The Hall–Kier alpha value is -2.33. The predicted molar refractivity (Wildman–Crippen MR) is 118 cm³/mol. The summed E-state index contributed by atoms with van der Waals surface area (Å²) in [6.07, 6.45) is 4.08. The van der Waals surface area contributed by atoms with Crippen LogP contribution in [0.3, 0.4) is 0 Å². The van der Waals surface area contributed by atoms with Crippen LogP contribution in [0.15, 0.2) is 12.3 Å². The highest BCUT2D eigenvalue weighted by atomic mass is 32.2. The molecule has 2 rings (SSSR count). The molecule has 0 bridgehead atoms. The van der Waals surface area contributed by atoms with Gasteiger partial charge in [-0.25, -0.2) is 8.42 Å². The summed E-state index contributed by atoms with van der Waals surface area (Å²) in [6, 6.07) is 1.85. The number of anilines is 2. The van der Waals surface area contributed by atoms with Crippen LogP contribution in [0.2, 0.25) is 0 Å². The van der Waals surface area contributed by atoms with E-state index in [0.29, 0.717) is 18.2 Å². The van der Waals surface area contributed by atoms with Gasteiger partial charge in [0.15, 0.2) is 0 Å². The normalized spacial score (nSPS) is 13.9. The monoisotopic (exact) mass is 436 g/mol. The Morgan fingerprint density at radius 2 is 1.77 bits per heavy atom. The third kappa shape index (κ3) is 7.49. The Morgan fingerprint density at radius 3 is 2.33 bits per heavy atom. The van der Waals surface area contributed by atoms with Crippen molar-refractivity contribution in [3.05, 3.63) is 34.9 Å². The topological polar surface area (TPSA) is 130 Å². The zero-order chi connectivity index (χ0) is 22.5. The van der Waals surface area contributed by atoms with Crippen LogP contribution >= 0.6 is 0 Å². The summed E-state index contributed by atoms with van der Waals surface area (Å²) in [7, 11) is -3.54. The standard InChI is InChI=1S/C20H32N6O3S/c1-12(2)7-17(11-27)22-19-23-18(24-20(25-19)26-30(6,28)29)9-14(4)16-8-13(3)15(5)21-10-16/h8,10,12,14,17,27H,7,9,11H2,1-6H3,(H2,22,23,24,25,26)/t14-,17-/m1/s1. The van der Waals surface area contributed by atoms with E-state index >= 15 is 0 Å². The second-order valence-electron chi connectivity index (χ2n) is 8.20. The van der Waals surface area contributed by atoms with Gasteiger partial charge in [0.25, 0.3) is 0 Å². The smallest absolute Gasteiger partial charge is 0.241 e. The van der Waals surface area contributed by atoms with Crippen LogP contribution in [0, 0.1) is 19.8 Å². The zero-order valence-corrected chi connectivity index (χ0v) is 19.3. The number of nitrogens with zero attached hydrogens (tertiary/aromatic N) is 4. The molecule has 10 heteroatoms. The fraction of sp³-hybridized carbons (Fsp3) is 0.600. The Bertz CT molecular complexity index is 965. The molecule has 0 fully saturated rings. The molecule has 0 aliphatic carbocycles. The number of sulfonamides is 1. The van der Waals surface area contributed by atoms with E-state index in [1.165, 1.54) is 0 Å². The third-order valence-corrected chi connectivity index (χ3v) is 5.24. The maximum Gasteiger partial charge on any atom is 0.241 e. The Morgan fingerprint density at radius 1 is 1.10 bits per heavy atom. The SMILES string of the molecule is Cc1cc([C@H](C)Cc2nc(N[C@@H](CO)CC(C)C)nc(NS(C)(=O)=O)n2)cnc1C. The van der Waals surface area contributed by atoms with Crippen LogP contribution in [0.5, 0.6) is 0 Å². The summed E-state index contributed by atoms with van der Waals surface area (Å²) >= 11 is 0. The number of rotatable bonds is 10. The van der Waals surface area contributed by atoms with E-state index < -0.39 is 10.0 Å². The number of pyridine rings is 1. The summed E-state index contributed by atoms with van der Waals surface area (Å²) < 4.78 is 25.7. The highest BCUT2D eigenvalue weighted by molar-refractivity contribution is 7.91. The molecule has 0 radical (unpaired) electrons. The van der Waals surface area contributed by atoms with Crippen molar-refractivity contribution in [1.29, 1.82) is 0 Å². The average Bonchev–Trinajstić information content (AvgIpc) is 2.61. The molecule has 2 heterocycles. The summed E-state index contributed by atoms with van der Waals surface area (Å²) in [6.45, 7) is 10.0. The first-order valence-electron chi connectivity index (χ1n) is 10.00. The van der Waals surface area contributed by atoms with E-state index in [-0.39, 0.29) is 30.5 Å². The summed E-state index contributed by atoms with van der Waals surface area (Å²) in [5.74, 6) is 1.07. The molecule has 0 spiro atoms. The minimum atomic E-state index is -3.54. The molecule has 0 aromatic carbocycles. The Balaban J connectivity index is 2.31. The van der Waals surface area contributed by atoms with E-state index in [1.807, 2.05) is 27.0 Å². The first kappa shape index (κ1) is 23.9. The molecule has 0 saturated carbocycles. The van der Waals surface area contributed by atoms with E-state index in [4.69, 9.17) is 0 Å². The molecule has 0 aliphatic rings. The lowest BCUT2D eigenvalue weighted by Crippen LogP contribution is -2.27. The van der Waals surface area contributed by atoms with Gasteiger partial charge in [0, 0.05) is 18.3 Å². The van der Waals surface area contributed by atoms with Crippen molar-refractivity contribution in [1.82, 2.24) is 19.9 Å². The number of aryl methyl sites for hydroxylation is 2. The molecule has 2 atom stereocenters. The first-order valence-corrected chi connectivity index (χ1v) is 11.9. The van der Waals surface area contributed by atoms with E-state index in [9.17, 15) is 13.5 Å². The van der Waals surface area contributed by atoms with Gasteiger partial charge in [-0.05, 0) is 43.2 Å². The van der Waals surface area contributed by atoms with E-state index in [2.05, 4.69) is 49.9 Å².